The van der Waals surface area contributed by atoms with Crippen molar-refractivity contribution in [2.45, 2.75) is 13.3 Å². The topological polar surface area (TPSA) is 79.4 Å². The maximum absolute atomic E-state index is 11.9. The Kier molecular flexibility index (Phi) is 2.82. The lowest BCUT2D eigenvalue weighted by Gasteiger charge is -2.05. The van der Waals surface area contributed by atoms with Gasteiger partial charge in [-0.1, -0.05) is 19.1 Å². The number of carboxylic acid groups (broad SMARTS) is 1. The van der Waals surface area contributed by atoms with Crippen molar-refractivity contribution in [3.8, 4) is 5.88 Å². The molecule has 0 unspecified atom stereocenters. The molecule has 0 bridgehead atoms. The highest BCUT2D eigenvalue weighted by Gasteiger charge is 2.08. The molecule has 0 fully saturated rings. The van der Waals surface area contributed by atoms with Crippen LogP contribution >= 0.6 is 0 Å². The number of aromatic nitrogens is 1. The molecule has 0 amide bonds. The van der Waals surface area contributed by atoms with E-state index >= 15 is 0 Å². The van der Waals surface area contributed by atoms with Crippen LogP contribution in [0.5, 0.6) is 5.88 Å². The van der Waals surface area contributed by atoms with Crippen molar-refractivity contribution in [1.82, 2.24) is 4.98 Å². The molecule has 1 aromatic carbocycles. The Morgan fingerprint density at radius 3 is 2.88 bits per heavy atom. The van der Waals surface area contributed by atoms with Crippen molar-refractivity contribution < 1.29 is 14.6 Å². The number of fused-ring (bicyclic) bond motifs is 1. The number of pyridine rings is 1. The van der Waals surface area contributed by atoms with Crippen molar-refractivity contribution in [1.29, 1.82) is 0 Å². The minimum absolute atomic E-state index is 0.0664. The van der Waals surface area contributed by atoms with Gasteiger partial charge in [0.2, 0.25) is 5.88 Å². The van der Waals surface area contributed by atoms with E-state index in [1.807, 2.05) is 19.1 Å². The zero-order valence-electron chi connectivity index (χ0n) is 9.19. The van der Waals surface area contributed by atoms with Gasteiger partial charge in [0.25, 0.3) is 0 Å². The van der Waals surface area contributed by atoms with Gasteiger partial charge in [0.15, 0.2) is 5.43 Å². The van der Waals surface area contributed by atoms with Crippen molar-refractivity contribution in [2.24, 2.45) is 0 Å². The maximum atomic E-state index is 11.9. The minimum atomic E-state index is -1.45. The van der Waals surface area contributed by atoms with Crippen molar-refractivity contribution in [3.63, 3.8) is 0 Å². The Morgan fingerprint density at radius 2 is 2.24 bits per heavy atom. The first-order valence-corrected chi connectivity index (χ1v) is 5.17. The van der Waals surface area contributed by atoms with Crippen LogP contribution in [0.15, 0.2) is 29.1 Å². The summed E-state index contributed by atoms with van der Waals surface area (Å²) in [5, 5.41) is 9.06. The minimum Gasteiger partial charge on any atom is -0.449 e. The summed E-state index contributed by atoms with van der Waals surface area (Å²) in [4.78, 5) is 25.0. The maximum Gasteiger partial charge on any atom is 0.512 e. The van der Waals surface area contributed by atoms with E-state index in [9.17, 15) is 9.59 Å². The van der Waals surface area contributed by atoms with Crippen LogP contribution in [0.4, 0.5) is 4.79 Å². The first kappa shape index (κ1) is 11.2. The van der Waals surface area contributed by atoms with E-state index in [1.165, 1.54) is 0 Å². The van der Waals surface area contributed by atoms with Crippen molar-refractivity contribution >= 4 is 17.1 Å². The van der Waals surface area contributed by atoms with E-state index in [2.05, 4.69) is 9.72 Å². The van der Waals surface area contributed by atoms with Crippen LogP contribution in [0.25, 0.3) is 10.9 Å². The highest BCUT2D eigenvalue weighted by atomic mass is 16.7. The highest BCUT2D eigenvalue weighted by molar-refractivity contribution is 5.82. The molecule has 1 heterocycles. The van der Waals surface area contributed by atoms with Crippen molar-refractivity contribution in [3.05, 3.63) is 40.1 Å². The number of aryl methyl sites for hydroxylation is 1. The van der Waals surface area contributed by atoms with Gasteiger partial charge in [0.05, 0.1) is 5.52 Å². The summed E-state index contributed by atoms with van der Waals surface area (Å²) < 4.78 is 4.44. The number of hydrogen-bond donors (Lipinski definition) is 2. The lowest BCUT2D eigenvalue weighted by Crippen LogP contribution is -2.10. The van der Waals surface area contributed by atoms with Gasteiger partial charge in [-0.2, -0.15) is 0 Å². The average Bonchev–Trinajstić information content (AvgIpc) is 2.27. The van der Waals surface area contributed by atoms with Crippen molar-refractivity contribution in [2.75, 3.05) is 0 Å². The lowest BCUT2D eigenvalue weighted by molar-refractivity contribution is 0.142. The first-order valence-electron chi connectivity index (χ1n) is 5.17. The van der Waals surface area contributed by atoms with Crippen LogP contribution in [0, 0.1) is 0 Å². The lowest BCUT2D eigenvalue weighted by atomic mass is 10.1. The SMILES string of the molecule is CCc1cccc2[nH]c(OC(=O)O)cc(=O)c12. The summed E-state index contributed by atoms with van der Waals surface area (Å²) in [6.07, 6.45) is -0.717. The number of aromatic amines is 1. The summed E-state index contributed by atoms with van der Waals surface area (Å²) in [7, 11) is 0. The van der Waals surface area contributed by atoms with Crippen LogP contribution in [0.2, 0.25) is 0 Å². The number of rotatable bonds is 2. The molecule has 0 saturated heterocycles. The van der Waals surface area contributed by atoms with E-state index in [4.69, 9.17) is 5.11 Å². The first-order chi connectivity index (χ1) is 8.11. The summed E-state index contributed by atoms with van der Waals surface area (Å²) in [5.41, 5.74) is 1.26. The zero-order chi connectivity index (χ0) is 12.4. The van der Waals surface area contributed by atoms with E-state index in [1.54, 1.807) is 6.07 Å². The largest absolute Gasteiger partial charge is 0.512 e. The molecule has 5 nitrogen and oxygen atoms in total. The van der Waals surface area contributed by atoms with Crippen LogP contribution in [-0.4, -0.2) is 16.2 Å². The molecule has 0 radical (unpaired) electrons. The molecule has 0 aliphatic carbocycles. The fraction of sp³-hybridized carbons (Fsp3) is 0.167. The van der Waals surface area contributed by atoms with Crippen LogP contribution in [0.1, 0.15) is 12.5 Å². The number of nitrogens with one attached hydrogen (secondary N) is 1. The second kappa shape index (κ2) is 4.29. The normalized spacial score (nSPS) is 10.4. The number of benzene rings is 1. The van der Waals surface area contributed by atoms with E-state index < -0.39 is 6.16 Å². The molecule has 0 saturated carbocycles. The van der Waals surface area contributed by atoms with E-state index in [-0.39, 0.29) is 11.3 Å². The number of carbonyl (C=O) groups is 1. The van der Waals surface area contributed by atoms with Gasteiger partial charge in [0, 0.05) is 11.5 Å². The molecule has 1 aromatic heterocycles. The summed E-state index contributed by atoms with van der Waals surface area (Å²) in [5.74, 6) is -0.0664. The fourth-order valence-electron chi connectivity index (χ4n) is 1.80. The third-order valence-corrected chi connectivity index (χ3v) is 2.50. The smallest absolute Gasteiger partial charge is 0.449 e. The van der Waals surface area contributed by atoms with E-state index in [0.717, 1.165) is 18.1 Å². The predicted octanol–water partition coefficient (Wildman–Crippen LogP) is 2.15. The second-order valence-corrected chi connectivity index (χ2v) is 3.56. The van der Waals surface area contributed by atoms with Gasteiger partial charge < -0.3 is 14.8 Å². The molecule has 2 N–H and O–H groups in total. The van der Waals surface area contributed by atoms with Crippen LogP contribution < -0.4 is 10.2 Å². The fourth-order valence-corrected chi connectivity index (χ4v) is 1.80. The molecular formula is C12H11NO4. The zero-order valence-corrected chi connectivity index (χ0v) is 9.19. The quantitative estimate of drug-likeness (QED) is 0.779. The molecule has 17 heavy (non-hydrogen) atoms. The summed E-state index contributed by atoms with van der Waals surface area (Å²) in [6, 6.07) is 6.54. The van der Waals surface area contributed by atoms with Gasteiger partial charge in [-0.25, -0.2) is 4.79 Å². The Bertz CT molecular complexity index is 630. The molecule has 88 valence electrons. The average molecular weight is 233 g/mol. The molecule has 2 rings (SSSR count). The third-order valence-electron chi connectivity index (χ3n) is 2.50. The monoisotopic (exact) mass is 233 g/mol. The number of ether oxygens (including phenoxy) is 1. The Hall–Kier alpha value is -2.30. The molecule has 0 aliphatic heterocycles. The second-order valence-electron chi connectivity index (χ2n) is 3.56. The number of hydrogen-bond acceptors (Lipinski definition) is 3. The van der Waals surface area contributed by atoms with Gasteiger partial charge in [-0.15, -0.1) is 0 Å². The molecule has 5 heteroatoms. The molecule has 0 spiro atoms. The molecule has 0 aliphatic rings. The molecule has 0 atom stereocenters. The predicted molar refractivity (Wildman–Crippen MR) is 62.6 cm³/mol. The summed E-state index contributed by atoms with van der Waals surface area (Å²) >= 11 is 0. The van der Waals surface area contributed by atoms with Gasteiger partial charge >= 0.3 is 6.16 Å². The van der Waals surface area contributed by atoms with Gasteiger partial charge in [-0.3, -0.25) is 4.79 Å². The van der Waals surface area contributed by atoms with Crippen LogP contribution in [0.3, 0.4) is 0 Å². The van der Waals surface area contributed by atoms with E-state index in [0.29, 0.717) is 10.9 Å². The van der Waals surface area contributed by atoms with Gasteiger partial charge in [0.1, 0.15) is 0 Å². The Balaban J connectivity index is 2.67. The highest BCUT2D eigenvalue weighted by Crippen LogP contribution is 2.16. The van der Waals surface area contributed by atoms with Crippen LogP contribution in [-0.2, 0) is 6.42 Å². The Labute approximate surface area is 96.7 Å². The molecule has 2 aromatic rings. The number of H-pyrrole nitrogens is 1. The standard InChI is InChI=1S/C12H11NO4/c1-2-7-4-3-5-8-11(7)9(14)6-10(13-8)17-12(15)16/h3-6H,2H2,1H3,(H,13,14)(H,15,16). The van der Waals surface area contributed by atoms with Gasteiger partial charge in [-0.05, 0) is 18.1 Å². The summed E-state index contributed by atoms with van der Waals surface area (Å²) in [6.45, 7) is 1.95. The Morgan fingerprint density at radius 1 is 1.47 bits per heavy atom. The third kappa shape index (κ3) is 2.13. The molecular weight excluding hydrogens is 222 g/mol.